The van der Waals surface area contributed by atoms with E-state index in [0.29, 0.717) is 22.5 Å². The second kappa shape index (κ2) is 7.84. The molecular formula is C19H18N2O2. The molecule has 0 fully saturated rings. The minimum Gasteiger partial charge on any atom is -0.295 e. The van der Waals surface area contributed by atoms with Gasteiger partial charge in [-0.05, 0) is 13.8 Å². The van der Waals surface area contributed by atoms with Gasteiger partial charge < -0.3 is 0 Å². The second-order valence-corrected chi connectivity index (χ2v) is 5.07. The number of allylic oxidation sites excluding steroid dienone is 2. The fourth-order valence-electron chi connectivity index (χ4n) is 2.05. The van der Waals surface area contributed by atoms with E-state index in [-0.39, 0.29) is 11.6 Å². The molecule has 0 saturated heterocycles. The number of nitrogens with one attached hydrogen (secondary N) is 1. The van der Waals surface area contributed by atoms with Crippen LogP contribution in [0.15, 0.2) is 77.5 Å². The molecule has 0 aliphatic rings. The fraction of sp³-hybridized carbons (Fsp3) is 0.105. The highest BCUT2D eigenvalue weighted by atomic mass is 16.1. The van der Waals surface area contributed by atoms with Crippen LogP contribution in [0.5, 0.6) is 0 Å². The van der Waals surface area contributed by atoms with Gasteiger partial charge in [-0.15, -0.1) is 0 Å². The number of Topliss-reactive ketones (excluding diaryl/α,β-unsaturated/α-hetero) is 1. The van der Waals surface area contributed by atoms with E-state index in [4.69, 9.17) is 0 Å². The zero-order valence-electron chi connectivity index (χ0n) is 13.1. The van der Waals surface area contributed by atoms with E-state index in [1.807, 2.05) is 48.5 Å². The highest BCUT2D eigenvalue weighted by Gasteiger charge is 2.16. The van der Waals surface area contributed by atoms with Gasteiger partial charge in [0.2, 0.25) is 5.78 Å². The third-order valence-corrected chi connectivity index (χ3v) is 3.06. The summed E-state index contributed by atoms with van der Waals surface area (Å²) in [5, 5.41) is 4.22. The van der Waals surface area contributed by atoms with Crippen molar-refractivity contribution >= 4 is 17.3 Å². The van der Waals surface area contributed by atoms with Crippen LogP contribution in [0.3, 0.4) is 0 Å². The number of nitrogens with zero attached hydrogens (tertiary/aromatic N) is 1. The van der Waals surface area contributed by atoms with Crippen molar-refractivity contribution < 1.29 is 9.59 Å². The molecule has 0 aliphatic heterocycles. The van der Waals surface area contributed by atoms with Crippen LogP contribution in [0.4, 0.5) is 0 Å². The first-order valence-corrected chi connectivity index (χ1v) is 7.25. The molecule has 0 saturated carbocycles. The number of carbonyl (C=O) groups is 2. The zero-order chi connectivity index (χ0) is 16.7. The van der Waals surface area contributed by atoms with Crippen LogP contribution in [0.1, 0.15) is 29.8 Å². The molecule has 0 spiro atoms. The molecule has 2 rings (SSSR count). The van der Waals surface area contributed by atoms with Crippen molar-refractivity contribution in [2.24, 2.45) is 5.10 Å². The van der Waals surface area contributed by atoms with Gasteiger partial charge in [0.15, 0.2) is 5.78 Å². The molecule has 0 amide bonds. The summed E-state index contributed by atoms with van der Waals surface area (Å²) >= 11 is 0. The molecule has 4 heteroatoms. The predicted molar refractivity (Wildman–Crippen MR) is 91.3 cm³/mol. The lowest BCUT2D eigenvalue weighted by Crippen LogP contribution is -2.20. The van der Waals surface area contributed by atoms with Crippen LogP contribution in [0, 0.1) is 0 Å². The minimum absolute atomic E-state index is 0.0825. The molecule has 23 heavy (non-hydrogen) atoms. The Bertz CT molecular complexity index is 747. The third kappa shape index (κ3) is 4.74. The van der Waals surface area contributed by atoms with Crippen molar-refractivity contribution in [2.45, 2.75) is 13.8 Å². The monoisotopic (exact) mass is 306 g/mol. The van der Waals surface area contributed by atoms with Gasteiger partial charge in [-0.2, -0.15) is 5.10 Å². The van der Waals surface area contributed by atoms with Gasteiger partial charge >= 0.3 is 0 Å². The third-order valence-electron chi connectivity index (χ3n) is 3.06. The average Bonchev–Trinajstić information content (AvgIpc) is 2.56. The van der Waals surface area contributed by atoms with Crippen molar-refractivity contribution in [1.82, 2.24) is 5.43 Å². The van der Waals surface area contributed by atoms with Gasteiger partial charge in [-0.1, -0.05) is 60.7 Å². The molecule has 0 aromatic heterocycles. The van der Waals surface area contributed by atoms with Crippen molar-refractivity contribution in [3.63, 3.8) is 0 Å². The summed E-state index contributed by atoms with van der Waals surface area (Å²) in [7, 11) is 0. The molecular weight excluding hydrogens is 288 g/mol. The van der Waals surface area contributed by atoms with Gasteiger partial charge in [0.1, 0.15) is 5.71 Å². The first kappa shape index (κ1) is 16.4. The molecule has 1 N–H and O–H groups in total. The van der Waals surface area contributed by atoms with Crippen LogP contribution in [-0.4, -0.2) is 17.3 Å². The van der Waals surface area contributed by atoms with Crippen molar-refractivity contribution in [2.75, 3.05) is 0 Å². The van der Waals surface area contributed by atoms with E-state index in [2.05, 4.69) is 10.5 Å². The Balaban J connectivity index is 2.37. The van der Waals surface area contributed by atoms with E-state index in [9.17, 15) is 9.59 Å². The highest BCUT2D eigenvalue weighted by molar-refractivity contribution is 6.51. The van der Waals surface area contributed by atoms with Crippen molar-refractivity contribution in [3.8, 4) is 0 Å². The maximum absolute atomic E-state index is 12.7. The Morgan fingerprint density at radius 3 is 1.91 bits per heavy atom. The highest BCUT2D eigenvalue weighted by Crippen LogP contribution is 2.09. The smallest absolute Gasteiger partial charge is 0.213 e. The van der Waals surface area contributed by atoms with Crippen LogP contribution in [0.2, 0.25) is 0 Å². The second-order valence-electron chi connectivity index (χ2n) is 5.07. The summed E-state index contributed by atoms with van der Waals surface area (Å²) in [6.45, 7) is 3.18. The minimum atomic E-state index is -0.181. The largest absolute Gasteiger partial charge is 0.295 e. The van der Waals surface area contributed by atoms with Crippen LogP contribution < -0.4 is 5.43 Å². The molecule has 2 aromatic carbocycles. The SMILES string of the molecule is CC(=O)C=C(C)NN=C(C(=O)c1ccccc1)c1ccccc1. The predicted octanol–water partition coefficient (Wildman–Crippen LogP) is 3.36. The molecule has 0 unspecified atom stereocenters. The van der Waals surface area contributed by atoms with Gasteiger partial charge in [0.25, 0.3) is 0 Å². The number of rotatable bonds is 6. The van der Waals surface area contributed by atoms with E-state index in [0.717, 1.165) is 0 Å². The van der Waals surface area contributed by atoms with E-state index in [1.54, 1.807) is 19.1 Å². The Morgan fingerprint density at radius 1 is 0.870 bits per heavy atom. The molecule has 0 heterocycles. The number of hydrazone groups is 1. The number of ketones is 2. The van der Waals surface area contributed by atoms with Crippen LogP contribution in [-0.2, 0) is 4.79 Å². The summed E-state index contributed by atoms with van der Waals surface area (Å²) in [4.78, 5) is 23.8. The topological polar surface area (TPSA) is 58.5 Å². The van der Waals surface area contributed by atoms with Crippen molar-refractivity contribution in [1.29, 1.82) is 0 Å². The first-order valence-electron chi connectivity index (χ1n) is 7.25. The Kier molecular flexibility index (Phi) is 5.58. The van der Waals surface area contributed by atoms with Gasteiger partial charge in [0.05, 0.1) is 0 Å². The lowest BCUT2D eigenvalue weighted by Gasteiger charge is -2.07. The summed E-state index contributed by atoms with van der Waals surface area (Å²) in [5.41, 5.74) is 4.92. The molecule has 0 atom stereocenters. The summed E-state index contributed by atoms with van der Waals surface area (Å²) in [6.07, 6.45) is 1.43. The standard InChI is InChI=1S/C19H18N2O2/c1-14(13-15(2)22)20-21-18(16-9-5-3-6-10-16)19(23)17-11-7-4-8-12-17/h3-13,20H,1-2H3. The number of benzene rings is 2. The molecule has 2 aromatic rings. The van der Waals surface area contributed by atoms with E-state index < -0.39 is 0 Å². The maximum Gasteiger partial charge on any atom is 0.213 e. The molecule has 116 valence electrons. The van der Waals surface area contributed by atoms with Crippen LogP contribution >= 0.6 is 0 Å². The van der Waals surface area contributed by atoms with Gasteiger partial charge in [-0.3, -0.25) is 15.0 Å². The summed E-state index contributed by atoms with van der Waals surface area (Å²) < 4.78 is 0. The van der Waals surface area contributed by atoms with Gasteiger partial charge in [-0.25, -0.2) is 0 Å². The number of carbonyl (C=O) groups excluding carboxylic acids is 2. The zero-order valence-corrected chi connectivity index (χ0v) is 13.1. The van der Waals surface area contributed by atoms with Crippen LogP contribution in [0.25, 0.3) is 0 Å². The molecule has 4 nitrogen and oxygen atoms in total. The lowest BCUT2D eigenvalue weighted by atomic mass is 10.0. The van der Waals surface area contributed by atoms with E-state index in [1.165, 1.54) is 13.0 Å². The fourth-order valence-corrected chi connectivity index (χ4v) is 2.05. The summed E-state index contributed by atoms with van der Waals surface area (Å²) in [6, 6.07) is 18.2. The lowest BCUT2D eigenvalue weighted by molar-refractivity contribution is -0.112. The number of hydrogen-bond acceptors (Lipinski definition) is 4. The maximum atomic E-state index is 12.7. The Labute approximate surface area is 135 Å². The van der Waals surface area contributed by atoms with Crippen molar-refractivity contribution in [3.05, 3.63) is 83.6 Å². The van der Waals surface area contributed by atoms with Gasteiger partial charge in [0, 0.05) is 22.9 Å². The molecule has 0 aliphatic carbocycles. The Hall–Kier alpha value is -3.01. The Morgan fingerprint density at radius 2 is 1.39 bits per heavy atom. The number of hydrogen-bond donors (Lipinski definition) is 1. The average molecular weight is 306 g/mol. The first-order chi connectivity index (χ1) is 11.1. The normalized spacial score (nSPS) is 11.9. The van der Waals surface area contributed by atoms with E-state index >= 15 is 0 Å². The summed E-state index contributed by atoms with van der Waals surface area (Å²) in [5.74, 6) is -0.263. The molecule has 0 radical (unpaired) electrons. The quantitative estimate of drug-likeness (QED) is 0.385. The molecule has 0 bridgehead atoms.